The summed E-state index contributed by atoms with van der Waals surface area (Å²) in [5.41, 5.74) is 8.02. The van der Waals surface area contributed by atoms with Crippen molar-refractivity contribution in [2.75, 3.05) is 6.54 Å². The molecule has 0 heterocycles. The Morgan fingerprint density at radius 2 is 2.00 bits per heavy atom. The minimum absolute atomic E-state index is 0.990. The molecule has 0 atom stereocenters. The van der Waals surface area contributed by atoms with Gasteiger partial charge in [-0.15, -0.1) is 0 Å². The first-order valence-corrected chi connectivity index (χ1v) is 4.09. The highest BCUT2D eigenvalue weighted by Gasteiger charge is 1.96. The molecule has 0 saturated heterocycles. The van der Waals surface area contributed by atoms with Crippen molar-refractivity contribution in [2.45, 2.75) is 20.3 Å². The molecule has 0 spiro atoms. The topological polar surface area (TPSA) is 27.6 Å². The highest BCUT2D eigenvalue weighted by Crippen LogP contribution is 2.09. The van der Waals surface area contributed by atoms with Crippen LogP contribution in [0.15, 0.2) is 18.2 Å². The minimum Gasteiger partial charge on any atom is -0.357 e. The fourth-order valence-corrected chi connectivity index (χ4v) is 1.32. The molecule has 0 unspecified atom stereocenters. The molecule has 3 N–H and O–H groups in total. The molecule has 1 nitrogen and oxygen atoms in total. The number of aryl methyl sites for hydroxylation is 2. The van der Waals surface area contributed by atoms with Crippen LogP contribution in [-0.2, 0) is 6.42 Å². The Labute approximate surface area is 68.2 Å². The van der Waals surface area contributed by atoms with Gasteiger partial charge >= 0.3 is 0 Å². The molecule has 0 fully saturated rings. The third-order valence-electron chi connectivity index (χ3n) is 1.94. The van der Waals surface area contributed by atoms with E-state index in [1.807, 2.05) is 0 Å². The van der Waals surface area contributed by atoms with Crippen molar-refractivity contribution in [3.63, 3.8) is 0 Å². The van der Waals surface area contributed by atoms with Gasteiger partial charge in [0.1, 0.15) is 0 Å². The average molecular weight is 150 g/mol. The first-order valence-electron chi connectivity index (χ1n) is 4.09. The smallest absolute Gasteiger partial charge is 0.0780 e. The summed E-state index contributed by atoms with van der Waals surface area (Å²) in [5, 5.41) is 0. The number of hydrogen-bond acceptors (Lipinski definition) is 0. The molecule has 0 radical (unpaired) electrons. The summed E-state index contributed by atoms with van der Waals surface area (Å²) in [4.78, 5) is 0. The molecule has 0 amide bonds. The van der Waals surface area contributed by atoms with Crippen molar-refractivity contribution < 1.29 is 5.73 Å². The van der Waals surface area contributed by atoms with E-state index in [0.29, 0.717) is 0 Å². The highest BCUT2D eigenvalue weighted by molar-refractivity contribution is 5.30. The normalized spacial score (nSPS) is 10.1. The lowest BCUT2D eigenvalue weighted by Crippen LogP contribution is -2.51. The van der Waals surface area contributed by atoms with E-state index in [4.69, 9.17) is 0 Å². The van der Waals surface area contributed by atoms with Crippen LogP contribution >= 0.6 is 0 Å². The van der Waals surface area contributed by atoms with Crippen molar-refractivity contribution in [1.82, 2.24) is 0 Å². The average Bonchev–Trinajstić information content (AvgIpc) is 1.95. The second kappa shape index (κ2) is 3.54. The number of benzene rings is 1. The third kappa shape index (κ3) is 2.05. The first-order chi connectivity index (χ1) is 5.24. The molecule has 0 saturated carbocycles. The van der Waals surface area contributed by atoms with Crippen molar-refractivity contribution in [2.24, 2.45) is 0 Å². The van der Waals surface area contributed by atoms with E-state index in [1.165, 1.54) is 16.7 Å². The predicted octanol–water partition coefficient (Wildman–Crippen LogP) is 1.09. The van der Waals surface area contributed by atoms with Crippen molar-refractivity contribution in [1.29, 1.82) is 0 Å². The Morgan fingerprint density at radius 1 is 1.27 bits per heavy atom. The first kappa shape index (κ1) is 8.28. The Morgan fingerprint density at radius 3 is 2.55 bits per heavy atom. The molecular weight excluding hydrogens is 134 g/mol. The van der Waals surface area contributed by atoms with Gasteiger partial charge in [0.2, 0.25) is 0 Å². The molecule has 1 heteroatoms. The number of quaternary nitrogens is 1. The molecule has 0 aromatic heterocycles. The van der Waals surface area contributed by atoms with Gasteiger partial charge in [-0.1, -0.05) is 23.8 Å². The van der Waals surface area contributed by atoms with Crippen LogP contribution in [0.1, 0.15) is 16.7 Å². The van der Waals surface area contributed by atoms with Gasteiger partial charge in [0.15, 0.2) is 0 Å². The fraction of sp³-hybridized carbons (Fsp3) is 0.400. The van der Waals surface area contributed by atoms with Crippen LogP contribution in [0.4, 0.5) is 0 Å². The highest BCUT2D eigenvalue weighted by atomic mass is 14.5. The Hall–Kier alpha value is -0.820. The van der Waals surface area contributed by atoms with E-state index in [1.54, 1.807) is 0 Å². The predicted molar refractivity (Wildman–Crippen MR) is 47.4 cm³/mol. The van der Waals surface area contributed by atoms with Crippen LogP contribution in [0.25, 0.3) is 0 Å². The van der Waals surface area contributed by atoms with Gasteiger partial charge in [-0.25, -0.2) is 0 Å². The van der Waals surface area contributed by atoms with Crippen LogP contribution in [0, 0.1) is 13.8 Å². The van der Waals surface area contributed by atoms with E-state index in [-0.39, 0.29) is 0 Å². The minimum atomic E-state index is 0.990. The van der Waals surface area contributed by atoms with E-state index >= 15 is 0 Å². The fourth-order valence-electron chi connectivity index (χ4n) is 1.32. The van der Waals surface area contributed by atoms with E-state index in [9.17, 15) is 0 Å². The monoisotopic (exact) mass is 150 g/mol. The molecule has 0 aliphatic heterocycles. The quantitative estimate of drug-likeness (QED) is 0.653. The molecule has 1 aromatic rings. The number of hydrogen-bond donors (Lipinski definition) is 1. The Bertz CT molecular complexity index is 241. The lowest BCUT2D eigenvalue weighted by atomic mass is 10.0. The van der Waals surface area contributed by atoms with Crippen molar-refractivity contribution in [3.8, 4) is 0 Å². The van der Waals surface area contributed by atoms with E-state index < -0.39 is 0 Å². The Balaban J connectivity index is 2.90. The molecule has 0 aliphatic carbocycles. The summed E-state index contributed by atoms with van der Waals surface area (Å²) in [6, 6.07) is 6.60. The summed E-state index contributed by atoms with van der Waals surface area (Å²) in [6.07, 6.45) is 1.10. The summed E-state index contributed by atoms with van der Waals surface area (Å²) in [6.45, 7) is 5.28. The molecule has 1 aromatic carbocycles. The van der Waals surface area contributed by atoms with Crippen molar-refractivity contribution in [3.05, 3.63) is 34.9 Å². The zero-order valence-corrected chi connectivity index (χ0v) is 7.35. The molecular formula is C10H16N+. The van der Waals surface area contributed by atoms with E-state index in [0.717, 1.165) is 13.0 Å². The van der Waals surface area contributed by atoms with Gasteiger partial charge in [0.25, 0.3) is 0 Å². The molecule has 60 valence electrons. The molecule has 0 bridgehead atoms. The van der Waals surface area contributed by atoms with Crippen LogP contribution in [0.3, 0.4) is 0 Å². The van der Waals surface area contributed by atoms with Crippen LogP contribution in [0.2, 0.25) is 0 Å². The second-order valence-corrected chi connectivity index (χ2v) is 3.03. The van der Waals surface area contributed by atoms with Crippen molar-refractivity contribution >= 4 is 0 Å². The third-order valence-corrected chi connectivity index (χ3v) is 1.94. The lowest BCUT2D eigenvalue weighted by Gasteiger charge is -2.03. The van der Waals surface area contributed by atoms with Gasteiger partial charge in [-0.2, -0.15) is 0 Å². The van der Waals surface area contributed by atoms with Gasteiger partial charge in [0.05, 0.1) is 6.54 Å². The largest absolute Gasteiger partial charge is 0.357 e. The van der Waals surface area contributed by atoms with Gasteiger partial charge in [-0.05, 0) is 25.0 Å². The number of rotatable bonds is 2. The molecule has 1 rings (SSSR count). The van der Waals surface area contributed by atoms with Gasteiger partial charge in [-0.3, -0.25) is 0 Å². The zero-order chi connectivity index (χ0) is 8.27. The molecule has 11 heavy (non-hydrogen) atoms. The van der Waals surface area contributed by atoms with Gasteiger partial charge in [0, 0.05) is 6.42 Å². The standard InChI is InChI=1S/C10H15N/c1-8-3-4-10(5-6-11)9(2)7-8/h3-4,7H,5-6,11H2,1-2H3/p+1. The van der Waals surface area contributed by atoms with Crippen LogP contribution in [-0.4, -0.2) is 6.54 Å². The summed E-state index contributed by atoms with van der Waals surface area (Å²) in [5.74, 6) is 0. The molecule has 0 aliphatic rings. The van der Waals surface area contributed by atoms with E-state index in [2.05, 4.69) is 37.8 Å². The maximum Gasteiger partial charge on any atom is 0.0780 e. The lowest BCUT2D eigenvalue weighted by molar-refractivity contribution is -0.366. The SMILES string of the molecule is Cc1ccc(CC[NH3+])c(C)c1. The maximum atomic E-state index is 3.84. The summed E-state index contributed by atoms with van der Waals surface area (Å²) in [7, 11) is 0. The zero-order valence-electron chi connectivity index (χ0n) is 7.35. The van der Waals surface area contributed by atoms with Crippen LogP contribution in [0.5, 0.6) is 0 Å². The second-order valence-electron chi connectivity index (χ2n) is 3.03. The Kier molecular flexibility index (Phi) is 2.66. The maximum absolute atomic E-state index is 3.84. The summed E-state index contributed by atoms with van der Waals surface area (Å²) < 4.78 is 0. The van der Waals surface area contributed by atoms with Crippen LogP contribution < -0.4 is 5.73 Å². The van der Waals surface area contributed by atoms with Gasteiger partial charge < -0.3 is 5.73 Å². The summed E-state index contributed by atoms with van der Waals surface area (Å²) >= 11 is 0.